The number of esters is 1. The molecule has 1 saturated heterocycles. The molecule has 1 N–H and O–H groups in total. The monoisotopic (exact) mass is 402 g/mol. The van der Waals surface area contributed by atoms with Gasteiger partial charge in [-0.15, -0.1) is 0 Å². The average Bonchev–Trinajstić information content (AvgIpc) is 3.00. The van der Waals surface area contributed by atoms with Crippen LogP contribution in [-0.2, 0) is 24.3 Å². The van der Waals surface area contributed by atoms with E-state index in [1.54, 1.807) is 19.1 Å². The number of hydrogen-bond acceptors (Lipinski definition) is 6. The lowest BCUT2D eigenvalue weighted by molar-refractivity contribution is -0.121. The van der Waals surface area contributed by atoms with Crippen molar-refractivity contribution >= 4 is 39.2 Å². The molecule has 1 fully saturated rings. The molecule has 28 heavy (non-hydrogen) atoms. The molecule has 2 amide bonds. The number of amides is 2. The van der Waals surface area contributed by atoms with Crippen LogP contribution in [0.15, 0.2) is 53.4 Å². The zero-order chi connectivity index (χ0) is 20.3. The number of nitrogens with zero attached hydrogens (tertiary/aromatic N) is 1. The molecular weight excluding hydrogens is 384 g/mol. The largest absolute Gasteiger partial charge is 0.462 e. The van der Waals surface area contributed by atoms with Crippen molar-refractivity contribution in [2.45, 2.75) is 24.7 Å². The quantitative estimate of drug-likeness (QED) is 0.587. The zero-order valence-electron chi connectivity index (χ0n) is 15.0. The Bertz CT molecular complexity index is 1010. The predicted octanol–water partition coefficient (Wildman–Crippen LogP) is 2.32. The first-order valence-electron chi connectivity index (χ1n) is 8.58. The molecule has 0 radical (unpaired) electrons. The Balaban J connectivity index is 1.85. The maximum absolute atomic E-state index is 12.7. The summed E-state index contributed by atoms with van der Waals surface area (Å²) in [6.07, 6.45) is 0.288. The van der Waals surface area contributed by atoms with Crippen LogP contribution in [0.5, 0.6) is 0 Å². The van der Waals surface area contributed by atoms with E-state index in [9.17, 15) is 22.8 Å². The summed E-state index contributed by atoms with van der Waals surface area (Å²) >= 11 is 0. The first-order valence-corrected chi connectivity index (χ1v) is 10.1. The van der Waals surface area contributed by atoms with Crippen LogP contribution in [0, 0.1) is 0 Å². The second kappa shape index (κ2) is 7.81. The summed E-state index contributed by atoms with van der Waals surface area (Å²) in [7, 11) is -4.00. The van der Waals surface area contributed by atoms with E-state index in [-0.39, 0.29) is 47.4 Å². The maximum atomic E-state index is 12.7. The minimum atomic E-state index is -4.00. The standard InChI is InChI=1S/C19H18N2O6S/c1-2-27-19(24)15-5-3-4-6-16(15)20-28(25,26)14-9-7-13(8-10-14)21-17(22)11-12-18(21)23/h3-10,20H,2,11-12H2,1H3. The Morgan fingerprint density at radius 1 is 1.04 bits per heavy atom. The van der Waals surface area contributed by atoms with Gasteiger partial charge in [0.05, 0.1) is 28.4 Å². The van der Waals surface area contributed by atoms with Crippen molar-refractivity contribution in [3.63, 3.8) is 0 Å². The van der Waals surface area contributed by atoms with E-state index < -0.39 is 16.0 Å². The van der Waals surface area contributed by atoms with E-state index in [2.05, 4.69) is 4.72 Å². The zero-order valence-corrected chi connectivity index (χ0v) is 15.9. The number of carbonyl (C=O) groups is 3. The van der Waals surface area contributed by atoms with E-state index in [1.165, 1.54) is 36.4 Å². The van der Waals surface area contributed by atoms with Crippen molar-refractivity contribution in [2.75, 3.05) is 16.2 Å². The smallest absolute Gasteiger partial charge is 0.340 e. The van der Waals surface area contributed by atoms with Gasteiger partial charge in [-0.2, -0.15) is 0 Å². The summed E-state index contributed by atoms with van der Waals surface area (Å²) in [5, 5.41) is 0. The second-order valence-corrected chi connectivity index (χ2v) is 7.67. The van der Waals surface area contributed by atoms with Crippen LogP contribution in [0.4, 0.5) is 11.4 Å². The molecule has 1 aliphatic rings. The third kappa shape index (κ3) is 3.89. The van der Waals surface area contributed by atoms with Crippen LogP contribution in [0.3, 0.4) is 0 Å². The molecule has 8 nitrogen and oxygen atoms in total. The maximum Gasteiger partial charge on any atom is 0.340 e. The highest BCUT2D eigenvalue weighted by Gasteiger charge is 2.30. The molecule has 1 heterocycles. The Kier molecular flexibility index (Phi) is 5.46. The highest BCUT2D eigenvalue weighted by atomic mass is 32.2. The lowest BCUT2D eigenvalue weighted by Gasteiger charge is -2.15. The van der Waals surface area contributed by atoms with Crippen molar-refractivity contribution in [1.82, 2.24) is 0 Å². The molecular formula is C19H18N2O6S. The van der Waals surface area contributed by atoms with Gasteiger partial charge < -0.3 is 4.74 Å². The molecule has 9 heteroatoms. The molecule has 2 aromatic rings. The summed E-state index contributed by atoms with van der Waals surface area (Å²) in [6.45, 7) is 1.82. The number of hydrogen-bond donors (Lipinski definition) is 1. The number of benzene rings is 2. The normalized spacial score (nSPS) is 14.2. The van der Waals surface area contributed by atoms with Crippen LogP contribution in [-0.4, -0.2) is 32.8 Å². The Morgan fingerprint density at radius 3 is 2.25 bits per heavy atom. The van der Waals surface area contributed by atoms with Crippen molar-refractivity contribution in [2.24, 2.45) is 0 Å². The van der Waals surface area contributed by atoms with Crippen LogP contribution >= 0.6 is 0 Å². The summed E-state index contributed by atoms with van der Waals surface area (Å²) in [5.41, 5.74) is 0.506. The van der Waals surface area contributed by atoms with Gasteiger partial charge in [0.25, 0.3) is 10.0 Å². The molecule has 0 aliphatic carbocycles. The lowest BCUT2D eigenvalue weighted by Crippen LogP contribution is -2.28. The van der Waals surface area contributed by atoms with Crippen LogP contribution < -0.4 is 9.62 Å². The Morgan fingerprint density at radius 2 is 1.64 bits per heavy atom. The highest BCUT2D eigenvalue weighted by molar-refractivity contribution is 7.92. The molecule has 0 saturated carbocycles. The SMILES string of the molecule is CCOC(=O)c1ccccc1NS(=O)(=O)c1ccc(N2C(=O)CCC2=O)cc1. The molecule has 0 aromatic heterocycles. The lowest BCUT2D eigenvalue weighted by atomic mass is 10.2. The Labute approximate surface area is 162 Å². The fourth-order valence-corrected chi connectivity index (χ4v) is 3.88. The van der Waals surface area contributed by atoms with Gasteiger partial charge in [-0.25, -0.2) is 13.2 Å². The molecule has 0 unspecified atom stereocenters. The number of rotatable bonds is 6. The van der Waals surface area contributed by atoms with E-state index >= 15 is 0 Å². The highest BCUT2D eigenvalue weighted by Crippen LogP contribution is 2.26. The fourth-order valence-electron chi connectivity index (χ4n) is 2.80. The van der Waals surface area contributed by atoms with E-state index in [4.69, 9.17) is 4.74 Å². The first-order chi connectivity index (χ1) is 13.3. The number of ether oxygens (including phenoxy) is 1. The van der Waals surface area contributed by atoms with Gasteiger partial charge in [0, 0.05) is 12.8 Å². The van der Waals surface area contributed by atoms with Crippen molar-refractivity contribution in [3.8, 4) is 0 Å². The summed E-state index contributed by atoms with van der Waals surface area (Å²) in [5.74, 6) is -1.27. The third-order valence-electron chi connectivity index (χ3n) is 4.12. The van der Waals surface area contributed by atoms with E-state index in [0.717, 1.165) is 4.90 Å². The van der Waals surface area contributed by atoms with Crippen LogP contribution in [0.1, 0.15) is 30.1 Å². The minimum Gasteiger partial charge on any atom is -0.462 e. The van der Waals surface area contributed by atoms with E-state index in [1.807, 2.05) is 0 Å². The molecule has 0 bridgehead atoms. The van der Waals surface area contributed by atoms with Gasteiger partial charge in [0.15, 0.2) is 0 Å². The van der Waals surface area contributed by atoms with Gasteiger partial charge in [-0.1, -0.05) is 12.1 Å². The van der Waals surface area contributed by atoms with Gasteiger partial charge >= 0.3 is 5.97 Å². The van der Waals surface area contributed by atoms with Crippen molar-refractivity contribution in [1.29, 1.82) is 0 Å². The van der Waals surface area contributed by atoms with Crippen molar-refractivity contribution < 1.29 is 27.5 Å². The molecule has 3 rings (SSSR count). The minimum absolute atomic E-state index is 0.0750. The number of sulfonamides is 1. The molecule has 1 aliphatic heterocycles. The number of nitrogens with one attached hydrogen (secondary N) is 1. The van der Waals surface area contributed by atoms with Gasteiger partial charge in [-0.05, 0) is 43.3 Å². The Hall–Kier alpha value is -3.20. The molecule has 146 valence electrons. The van der Waals surface area contributed by atoms with Crippen LogP contribution in [0.25, 0.3) is 0 Å². The molecule has 0 spiro atoms. The topological polar surface area (TPSA) is 110 Å². The number of carbonyl (C=O) groups excluding carboxylic acids is 3. The summed E-state index contributed by atoms with van der Waals surface area (Å²) in [4.78, 5) is 36.6. The summed E-state index contributed by atoms with van der Waals surface area (Å²) < 4.78 is 32.7. The van der Waals surface area contributed by atoms with E-state index in [0.29, 0.717) is 5.69 Å². The molecule has 0 atom stereocenters. The summed E-state index contributed by atoms with van der Waals surface area (Å²) in [6, 6.07) is 11.5. The molecule has 2 aromatic carbocycles. The fraction of sp³-hybridized carbons (Fsp3) is 0.211. The van der Waals surface area contributed by atoms with Crippen LogP contribution in [0.2, 0.25) is 0 Å². The number of anilines is 2. The average molecular weight is 402 g/mol. The van der Waals surface area contributed by atoms with Gasteiger partial charge in [-0.3, -0.25) is 19.2 Å². The number of imide groups is 1. The first kappa shape index (κ1) is 19.6. The third-order valence-corrected chi connectivity index (χ3v) is 5.50. The van der Waals surface area contributed by atoms with Gasteiger partial charge in [0.2, 0.25) is 11.8 Å². The number of para-hydroxylation sites is 1. The van der Waals surface area contributed by atoms with Gasteiger partial charge in [0.1, 0.15) is 0 Å². The predicted molar refractivity (Wildman–Crippen MR) is 101 cm³/mol. The van der Waals surface area contributed by atoms with Crippen molar-refractivity contribution in [3.05, 3.63) is 54.1 Å². The second-order valence-electron chi connectivity index (χ2n) is 5.99.